The van der Waals surface area contributed by atoms with E-state index in [4.69, 9.17) is 4.74 Å². The lowest BCUT2D eigenvalue weighted by Gasteiger charge is -2.10. The number of amides is 1. The maximum Gasteiger partial charge on any atom is 0.251 e. The highest BCUT2D eigenvalue weighted by Crippen LogP contribution is 2.09. The number of aromatic nitrogens is 1. The third-order valence-electron chi connectivity index (χ3n) is 2.41. The zero-order valence-corrected chi connectivity index (χ0v) is 12.1. The fraction of sp³-hybridized carbons (Fsp3) is 0.571. The van der Waals surface area contributed by atoms with Crippen molar-refractivity contribution >= 4 is 11.7 Å². The van der Waals surface area contributed by atoms with Gasteiger partial charge in [-0.2, -0.15) is 0 Å². The first-order chi connectivity index (χ1) is 9.02. The van der Waals surface area contributed by atoms with Crippen LogP contribution in [0.2, 0.25) is 0 Å². The molecule has 0 aromatic carbocycles. The lowest BCUT2D eigenvalue weighted by Crippen LogP contribution is -2.28. The smallest absolute Gasteiger partial charge is 0.251 e. The normalized spacial score (nSPS) is 10.6. The average molecular weight is 265 g/mol. The minimum Gasteiger partial charge on any atom is -0.377 e. The van der Waals surface area contributed by atoms with Gasteiger partial charge >= 0.3 is 0 Å². The first-order valence-corrected chi connectivity index (χ1v) is 6.65. The summed E-state index contributed by atoms with van der Waals surface area (Å²) < 4.78 is 5.37. The molecule has 1 heterocycles. The summed E-state index contributed by atoms with van der Waals surface area (Å²) in [5.41, 5.74) is 1.44. The summed E-state index contributed by atoms with van der Waals surface area (Å²) in [6.45, 7) is 9.61. The van der Waals surface area contributed by atoms with Gasteiger partial charge in [-0.1, -0.05) is 0 Å². The number of anilines is 1. The summed E-state index contributed by atoms with van der Waals surface area (Å²) in [5, 5.41) is 5.94. The lowest BCUT2D eigenvalue weighted by molar-refractivity contribution is 0.0746. The van der Waals surface area contributed by atoms with E-state index in [0.717, 1.165) is 18.1 Å². The molecule has 0 unspecified atom stereocenters. The number of hydrogen-bond acceptors (Lipinski definition) is 4. The van der Waals surface area contributed by atoms with Crippen LogP contribution in [-0.2, 0) is 4.74 Å². The number of nitrogens with one attached hydrogen (secondary N) is 2. The van der Waals surface area contributed by atoms with E-state index in [2.05, 4.69) is 15.6 Å². The van der Waals surface area contributed by atoms with Gasteiger partial charge in [-0.3, -0.25) is 4.79 Å². The number of rotatable bonds is 7. The van der Waals surface area contributed by atoms with Crippen molar-refractivity contribution in [1.29, 1.82) is 0 Å². The van der Waals surface area contributed by atoms with Gasteiger partial charge in [-0.05, 0) is 39.8 Å². The fourth-order valence-electron chi connectivity index (χ4n) is 1.63. The molecule has 0 aliphatic carbocycles. The monoisotopic (exact) mass is 265 g/mol. The van der Waals surface area contributed by atoms with Crippen LogP contribution in [-0.4, -0.2) is 36.7 Å². The third kappa shape index (κ3) is 5.70. The van der Waals surface area contributed by atoms with Gasteiger partial charge in [0.25, 0.3) is 5.91 Å². The van der Waals surface area contributed by atoms with E-state index in [1.165, 1.54) is 0 Å². The molecule has 5 heteroatoms. The Hall–Kier alpha value is -1.62. The van der Waals surface area contributed by atoms with Crippen molar-refractivity contribution in [3.8, 4) is 0 Å². The molecule has 0 aliphatic heterocycles. The first kappa shape index (κ1) is 15.4. The molecule has 2 N–H and O–H groups in total. The van der Waals surface area contributed by atoms with Crippen LogP contribution in [0.15, 0.2) is 12.1 Å². The molecular weight excluding hydrogens is 242 g/mol. The van der Waals surface area contributed by atoms with E-state index in [1.54, 1.807) is 12.1 Å². The van der Waals surface area contributed by atoms with E-state index < -0.39 is 0 Å². The minimum atomic E-state index is -0.1000. The van der Waals surface area contributed by atoms with E-state index in [0.29, 0.717) is 18.7 Å². The van der Waals surface area contributed by atoms with E-state index in [9.17, 15) is 4.79 Å². The Kier molecular flexibility index (Phi) is 6.29. The van der Waals surface area contributed by atoms with Crippen LogP contribution in [0.3, 0.4) is 0 Å². The fourth-order valence-corrected chi connectivity index (χ4v) is 1.63. The van der Waals surface area contributed by atoms with E-state index in [-0.39, 0.29) is 12.0 Å². The number of hydrogen-bond donors (Lipinski definition) is 2. The standard InChI is InChI=1S/C14H23N3O2/c1-5-15-13-9-12(8-11(4)17-13)14(18)16-6-7-19-10(2)3/h8-10H,5-7H2,1-4H3,(H,15,17)(H,16,18). The number of pyridine rings is 1. The Morgan fingerprint density at radius 2 is 2.16 bits per heavy atom. The quantitative estimate of drug-likeness (QED) is 0.740. The first-order valence-electron chi connectivity index (χ1n) is 6.65. The van der Waals surface area contributed by atoms with Gasteiger partial charge in [0.2, 0.25) is 0 Å². The highest BCUT2D eigenvalue weighted by molar-refractivity contribution is 5.94. The Morgan fingerprint density at radius 1 is 1.42 bits per heavy atom. The summed E-state index contributed by atoms with van der Waals surface area (Å²) in [6, 6.07) is 3.54. The van der Waals surface area contributed by atoms with Gasteiger partial charge in [-0.25, -0.2) is 4.98 Å². The third-order valence-corrected chi connectivity index (χ3v) is 2.41. The Morgan fingerprint density at radius 3 is 2.79 bits per heavy atom. The van der Waals surface area contributed by atoms with Crippen LogP contribution in [0.5, 0.6) is 0 Å². The SMILES string of the molecule is CCNc1cc(C(=O)NCCOC(C)C)cc(C)n1. The van der Waals surface area contributed by atoms with Crippen LogP contribution < -0.4 is 10.6 Å². The molecule has 0 saturated heterocycles. The van der Waals surface area contributed by atoms with Crippen LogP contribution in [0.1, 0.15) is 36.8 Å². The topological polar surface area (TPSA) is 63.2 Å². The highest BCUT2D eigenvalue weighted by Gasteiger charge is 2.08. The lowest BCUT2D eigenvalue weighted by atomic mass is 10.2. The van der Waals surface area contributed by atoms with Gasteiger partial charge in [0.1, 0.15) is 5.82 Å². The summed E-state index contributed by atoms with van der Waals surface area (Å²) in [4.78, 5) is 16.3. The molecule has 5 nitrogen and oxygen atoms in total. The summed E-state index contributed by atoms with van der Waals surface area (Å²) in [5.74, 6) is 0.628. The van der Waals surface area contributed by atoms with Gasteiger partial charge in [0.15, 0.2) is 0 Å². The van der Waals surface area contributed by atoms with Gasteiger partial charge in [0, 0.05) is 24.3 Å². The summed E-state index contributed by atoms with van der Waals surface area (Å²) >= 11 is 0. The zero-order chi connectivity index (χ0) is 14.3. The molecule has 0 spiro atoms. The number of nitrogens with zero attached hydrogens (tertiary/aromatic N) is 1. The predicted octanol–water partition coefficient (Wildman–Crippen LogP) is 1.98. The predicted molar refractivity (Wildman–Crippen MR) is 76.6 cm³/mol. The van der Waals surface area contributed by atoms with Crippen molar-refractivity contribution in [1.82, 2.24) is 10.3 Å². The summed E-state index contributed by atoms with van der Waals surface area (Å²) in [6.07, 6.45) is 0.181. The number of carbonyl (C=O) groups excluding carboxylic acids is 1. The molecule has 0 fully saturated rings. The van der Waals surface area contributed by atoms with E-state index in [1.807, 2.05) is 27.7 Å². The second-order valence-corrected chi connectivity index (χ2v) is 4.59. The molecule has 0 atom stereocenters. The maximum absolute atomic E-state index is 12.0. The van der Waals surface area contributed by atoms with Crippen molar-refractivity contribution in [3.63, 3.8) is 0 Å². The molecule has 0 aliphatic rings. The van der Waals surface area contributed by atoms with E-state index >= 15 is 0 Å². The second kappa shape index (κ2) is 7.74. The molecule has 1 rings (SSSR count). The molecule has 1 aromatic rings. The van der Waals surface area contributed by atoms with Gasteiger partial charge < -0.3 is 15.4 Å². The molecule has 19 heavy (non-hydrogen) atoms. The number of carbonyl (C=O) groups is 1. The van der Waals surface area contributed by atoms with Crippen molar-refractivity contribution in [3.05, 3.63) is 23.4 Å². The van der Waals surface area contributed by atoms with Crippen LogP contribution in [0.25, 0.3) is 0 Å². The second-order valence-electron chi connectivity index (χ2n) is 4.59. The highest BCUT2D eigenvalue weighted by atomic mass is 16.5. The van der Waals surface area contributed by atoms with Crippen LogP contribution in [0, 0.1) is 6.92 Å². The molecular formula is C14H23N3O2. The molecule has 0 bridgehead atoms. The summed E-state index contributed by atoms with van der Waals surface area (Å²) in [7, 11) is 0. The average Bonchev–Trinajstić information content (AvgIpc) is 2.34. The Bertz CT molecular complexity index is 419. The van der Waals surface area contributed by atoms with Gasteiger partial charge in [0.05, 0.1) is 12.7 Å². The largest absolute Gasteiger partial charge is 0.377 e. The van der Waals surface area contributed by atoms with Crippen LogP contribution in [0.4, 0.5) is 5.82 Å². The van der Waals surface area contributed by atoms with Crippen LogP contribution >= 0.6 is 0 Å². The molecule has 106 valence electrons. The molecule has 1 amide bonds. The molecule has 0 saturated carbocycles. The number of ether oxygens (including phenoxy) is 1. The molecule has 0 radical (unpaired) electrons. The van der Waals surface area contributed by atoms with Crippen molar-refractivity contribution in [2.75, 3.05) is 25.0 Å². The van der Waals surface area contributed by atoms with Crippen molar-refractivity contribution in [2.45, 2.75) is 33.8 Å². The minimum absolute atomic E-state index is 0.1000. The number of aryl methyl sites for hydroxylation is 1. The van der Waals surface area contributed by atoms with Crippen molar-refractivity contribution in [2.24, 2.45) is 0 Å². The zero-order valence-electron chi connectivity index (χ0n) is 12.1. The maximum atomic E-state index is 12.0. The van der Waals surface area contributed by atoms with Gasteiger partial charge in [-0.15, -0.1) is 0 Å². The Balaban J connectivity index is 2.56. The van der Waals surface area contributed by atoms with Crippen molar-refractivity contribution < 1.29 is 9.53 Å². The molecule has 1 aromatic heterocycles. The Labute approximate surface area is 114 Å².